The molecule has 0 atom stereocenters. The monoisotopic (exact) mass is 178 g/mol. The molecule has 0 aromatic heterocycles. The van der Waals surface area contributed by atoms with Gasteiger partial charge in [0, 0.05) is 26.7 Å². The fourth-order valence-electron chi connectivity index (χ4n) is 1.16. The van der Waals surface area contributed by atoms with Crippen molar-refractivity contribution < 1.29 is 8.42 Å². The van der Waals surface area contributed by atoms with Crippen molar-refractivity contribution in [3.63, 3.8) is 0 Å². The number of likely N-dealkylation sites (N-methyl/N-ethyl adjacent to an activating group) is 1. The van der Waals surface area contributed by atoms with Gasteiger partial charge >= 0.3 is 0 Å². The molecule has 0 aliphatic carbocycles. The van der Waals surface area contributed by atoms with Crippen molar-refractivity contribution >= 4 is 10.2 Å². The van der Waals surface area contributed by atoms with Gasteiger partial charge < -0.3 is 0 Å². The molecule has 0 aromatic rings. The zero-order chi connectivity index (χ0) is 8.48. The van der Waals surface area contributed by atoms with Crippen molar-refractivity contribution in [2.75, 3.05) is 26.7 Å². The molecule has 0 aromatic carbocycles. The van der Waals surface area contributed by atoms with E-state index in [4.69, 9.17) is 0 Å². The molecule has 5 heteroatoms. The summed E-state index contributed by atoms with van der Waals surface area (Å²) in [5.74, 6) is 0. The van der Waals surface area contributed by atoms with Gasteiger partial charge in [-0.2, -0.15) is 17.0 Å². The molecule has 1 fully saturated rings. The molecule has 1 heterocycles. The van der Waals surface area contributed by atoms with Crippen LogP contribution in [0.1, 0.15) is 13.3 Å². The highest BCUT2D eigenvalue weighted by Crippen LogP contribution is 2.13. The first-order valence-electron chi connectivity index (χ1n) is 3.80. The molecule has 66 valence electrons. The molecule has 0 unspecified atom stereocenters. The van der Waals surface area contributed by atoms with Crippen LogP contribution in [0.4, 0.5) is 0 Å². The summed E-state index contributed by atoms with van der Waals surface area (Å²) >= 11 is 0. The summed E-state index contributed by atoms with van der Waals surface area (Å²) in [6.45, 7) is 3.90. The Hall–Kier alpha value is -0.130. The Labute approximate surface area is 68.0 Å². The van der Waals surface area contributed by atoms with Crippen LogP contribution >= 0.6 is 0 Å². The van der Waals surface area contributed by atoms with Crippen LogP contribution in [-0.2, 0) is 10.2 Å². The van der Waals surface area contributed by atoms with Gasteiger partial charge in [0.2, 0.25) is 0 Å². The van der Waals surface area contributed by atoms with Crippen LogP contribution in [0.3, 0.4) is 0 Å². The van der Waals surface area contributed by atoms with Crippen LogP contribution in [0.5, 0.6) is 0 Å². The van der Waals surface area contributed by atoms with Gasteiger partial charge in [0.15, 0.2) is 0 Å². The molecule has 0 spiro atoms. The SMILES string of the molecule is CCCN1CCN(C)S1(=O)=O. The van der Waals surface area contributed by atoms with Crippen LogP contribution in [0.15, 0.2) is 0 Å². The molecule has 0 radical (unpaired) electrons. The van der Waals surface area contributed by atoms with E-state index < -0.39 is 10.2 Å². The van der Waals surface area contributed by atoms with Gasteiger partial charge in [-0.15, -0.1) is 0 Å². The normalized spacial score (nSPS) is 26.0. The summed E-state index contributed by atoms with van der Waals surface area (Å²) in [4.78, 5) is 0. The maximum atomic E-state index is 11.3. The minimum absolute atomic E-state index is 0.627. The van der Waals surface area contributed by atoms with Gasteiger partial charge in [0.25, 0.3) is 10.2 Å². The van der Waals surface area contributed by atoms with E-state index in [1.165, 1.54) is 8.61 Å². The number of nitrogens with zero attached hydrogens (tertiary/aromatic N) is 2. The molecule has 1 rings (SSSR count). The number of hydrogen-bond acceptors (Lipinski definition) is 2. The van der Waals surface area contributed by atoms with Crippen molar-refractivity contribution in [1.82, 2.24) is 8.61 Å². The second-order valence-electron chi connectivity index (χ2n) is 2.73. The predicted octanol–water partition coefficient (Wildman–Crippen LogP) is -0.111. The molecular weight excluding hydrogens is 164 g/mol. The summed E-state index contributed by atoms with van der Waals surface area (Å²) in [6.07, 6.45) is 0.882. The van der Waals surface area contributed by atoms with Crippen molar-refractivity contribution in [2.24, 2.45) is 0 Å². The lowest BCUT2D eigenvalue weighted by Gasteiger charge is -2.13. The standard InChI is InChI=1S/C6H14N2O2S/c1-3-4-8-6-5-7(2)11(8,9)10/h3-6H2,1-2H3. The van der Waals surface area contributed by atoms with Crippen molar-refractivity contribution in [3.05, 3.63) is 0 Å². The van der Waals surface area contributed by atoms with Gasteiger partial charge in [-0.3, -0.25) is 0 Å². The Morgan fingerprint density at radius 3 is 2.36 bits per heavy atom. The Bertz CT molecular complexity index is 223. The molecule has 0 saturated carbocycles. The minimum atomic E-state index is -3.06. The summed E-state index contributed by atoms with van der Waals surface area (Å²) in [5, 5.41) is 0. The number of hydrogen-bond donors (Lipinski definition) is 0. The van der Waals surface area contributed by atoms with Gasteiger partial charge in [-0.05, 0) is 6.42 Å². The highest BCUT2D eigenvalue weighted by atomic mass is 32.2. The lowest BCUT2D eigenvalue weighted by molar-refractivity contribution is 0.447. The van der Waals surface area contributed by atoms with E-state index in [2.05, 4.69) is 0 Å². The van der Waals surface area contributed by atoms with Gasteiger partial charge in [0.1, 0.15) is 0 Å². The first-order chi connectivity index (χ1) is 5.09. The third-order valence-electron chi connectivity index (χ3n) is 1.86. The Balaban J connectivity index is 2.71. The van der Waals surface area contributed by atoms with Crippen LogP contribution in [0.2, 0.25) is 0 Å². The summed E-state index contributed by atoms with van der Waals surface area (Å²) in [7, 11) is -1.45. The van der Waals surface area contributed by atoms with Gasteiger partial charge in [-0.1, -0.05) is 6.92 Å². The molecule has 0 amide bonds. The maximum absolute atomic E-state index is 11.3. The average Bonchev–Trinajstić information content (AvgIpc) is 2.16. The summed E-state index contributed by atoms with van der Waals surface area (Å²) in [5.41, 5.74) is 0. The van der Waals surface area contributed by atoms with E-state index in [0.717, 1.165) is 6.42 Å². The molecule has 1 saturated heterocycles. The largest absolute Gasteiger partial charge is 0.281 e. The fourth-order valence-corrected chi connectivity index (χ4v) is 2.59. The smallest absolute Gasteiger partial charge is 0.195 e. The molecule has 0 bridgehead atoms. The quantitative estimate of drug-likeness (QED) is 0.592. The Kier molecular flexibility index (Phi) is 2.51. The third kappa shape index (κ3) is 1.55. The topological polar surface area (TPSA) is 40.6 Å². The Morgan fingerprint density at radius 1 is 1.36 bits per heavy atom. The van der Waals surface area contributed by atoms with Crippen molar-refractivity contribution in [1.29, 1.82) is 0 Å². The summed E-state index contributed by atoms with van der Waals surface area (Å²) < 4.78 is 25.6. The highest BCUT2D eigenvalue weighted by molar-refractivity contribution is 7.87. The first-order valence-corrected chi connectivity index (χ1v) is 5.20. The number of rotatable bonds is 2. The van der Waals surface area contributed by atoms with Gasteiger partial charge in [0.05, 0.1) is 0 Å². The molecule has 4 nitrogen and oxygen atoms in total. The van der Waals surface area contributed by atoms with Crippen LogP contribution in [0, 0.1) is 0 Å². The van der Waals surface area contributed by atoms with Crippen LogP contribution in [-0.4, -0.2) is 43.7 Å². The van der Waals surface area contributed by atoms with E-state index in [1.54, 1.807) is 7.05 Å². The average molecular weight is 178 g/mol. The first kappa shape index (κ1) is 8.96. The maximum Gasteiger partial charge on any atom is 0.281 e. The van der Waals surface area contributed by atoms with E-state index in [1.807, 2.05) is 6.92 Å². The van der Waals surface area contributed by atoms with Crippen LogP contribution in [0.25, 0.3) is 0 Å². The van der Waals surface area contributed by atoms with E-state index in [-0.39, 0.29) is 0 Å². The third-order valence-corrected chi connectivity index (χ3v) is 3.85. The van der Waals surface area contributed by atoms with Crippen LogP contribution < -0.4 is 0 Å². The second kappa shape index (κ2) is 3.08. The Morgan fingerprint density at radius 2 is 2.00 bits per heavy atom. The second-order valence-corrected chi connectivity index (χ2v) is 4.76. The van der Waals surface area contributed by atoms with E-state index >= 15 is 0 Å². The molecule has 1 aliphatic heterocycles. The highest BCUT2D eigenvalue weighted by Gasteiger charge is 2.32. The molecule has 0 N–H and O–H groups in total. The lowest BCUT2D eigenvalue weighted by Crippen LogP contribution is -2.31. The van der Waals surface area contributed by atoms with E-state index in [9.17, 15) is 8.42 Å². The summed E-state index contributed by atoms with van der Waals surface area (Å²) in [6, 6.07) is 0. The predicted molar refractivity (Wildman–Crippen MR) is 43.4 cm³/mol. The molecule has 11 heavy (non-hydrogen) atoms. The van der Waals surface area contributed by atoms with E-state index in [0.29, 0.717) is 19.6 Å². The zero-order valence-electron chi connectivity index (χ0n) is 6.95. The lowest BCUT2D eigenvalue weighted by atomic mass is 10.5. The zero-order valence-corrected chi connectivity index (χ0v) is 7.76. The molecule has 1 aliphatic rings. The molecular formula is C6H14N2O2S. The fraction of sp³-hybridized carbons (Fsp3) is 1.00. The minimum Gasteiger partial charge on any atom is -0.195 e. The van der Waals surface area contributed by atoms with Gasteiger partial charge in [-0.25, -0.2) is 0 Å². The van der Waals surface area contributed by atoms with Crippen molar-refractivity contribution in [3.8, 4) is 0 Å². The van der Waals surface area contributed by atoms with Crippen molar-refractivity contribution in [2.45, 2.75) is 13.3 Å².